The molecule has 0 unspecified atom stereocenters. The highest BCUT2D eigenvalue weighted by Crippen LogP contribution is 2.20. The van der Waals surface area contributed by atoms with Crippen LogP contribution in [0.15, 0.2) is 15.9 Å². The van der Waals surface area contributed by atoms with Crippen LogP contribution in [0.25, 0.3) is 0 Å². The van der Waals surface area contributed by atoms with E-state index in [4.69, 9.17) is 5.11 Å². The van der Waals surface area contributed by atoms with Gasteiger partial charge >= 0.3 is 12.0 Å². The average Bonchev–Trinajstić information content (AvgIpc) is 2.63. The molecule has 0 atom stereocenters. The number of carboxylic acid groups (broad SMARTS) is 1. The second-order valence-corrected chi connectivity index (χ2v) is 5.09. The third-order valence-electron chi connectivity index (χ3n) is 1.72. The number of amides is 2. The number of nitrogens with zero attached hydrogens (tertiary/aromatic N) is 1. The molecule has 0 saturated carbocycles. The monoisotopic (exact) mass is 322 g/mol. The molecule has 94 valence electrons. The van der Waals surface area contributed by atoms with Gasteiger partial charge in [0.2, 0.25) is 0 Å². The Morgan fingerprint density at radius 2 is 2.35 bits per heavy atom. The lowest BCUT2D eigenvalue weighted by molar-refractivity contribution is -0.144. The number of aliphatic carboxylic acids is 1. The summed E-state index contributed by atoms with van der Waals surface area (Å²) in [5.74, 6) is -1.14. The molecule has 0 aliphatic heterocycles. The highest BCUT2D eigenvalue weighted by atomic mass is 79.9. The predicted molar refractivity (Wildman–Crippen MR) is 65.6 cm³/mol. The molecule has 2 amide bonds. The molecule has 8 heteroatoms. The Bertz CT molecular complexity index is 409. The number of hydrogen-bond donors (Lipinski definition) is 2. The molecule has 0 aliphatic rings. The fourth-order valence-corrected chi connectivity index (χ4v) is 2.48. The van der Waals surface area contributed by atoms with Crippen molar-refractivity contribution in [3.63, 3.8) is 0 Å². The zero-order valence-corrected chi connectivity index (χ0v) is 11.4. The molecule has 1 heterocycles. The number of urea groups is 1. The van der Waals surface area contributed by atoms with Crippen molar-refractivity contribution in [2.45, 2.75) is 6.54 Å². The predicted octanol–water partition coefficient (Wildman–Crippen LogP) is 1.67. The van der Waals surface area contributed by atoms with Gasteiger partial charge in [-0.25, -0.2) is 15.1 Å². The first kappa shape index (κ1) is 13.9. The summed E-state index contributed by atoms with van der Waals surface area (Å²) in [4.78, 5) is 28.4. The van der Waals surface area contributed by atoms with Crippen molar-refractivity contribution in [3.05, 3.63) is 20.8 Å². The number of halogens is 1. The van der Waals surface area contributed by atoms with E-state index in [1.807, 2.05) is 16.9 Å². The Morgan fingerprint density at radius 3 is 2.88 bits per heavy atom. The van der Waals surface area contributed by atoms with Gasteiger partial charge in [-0.3, -0.25) is 4.84 Å². The minimum Gasteiger partial charge on any atom is -0.479 e. The third-order valence-corrected chi connectivity index (χ3v) is 3.40. The van der Waals surface area contributed by atoms with Crippen LogP contribution in [0.1, 0.15) is 4.88 Å². The molecule has 1 aromatic heterocycles. The lowest BCUT2D eigenvalue weighted by Crippen LogP contribution is -2.37. The number of rotatable bonds is 5. The topological polar surface area (TPSA) is 78.9 Å². The maximum Gasteiger partial charge on any atom is 0.341 e. The maximum absolute atomic E-state index is 11.4. The molecule has 1 rings (SSSR count). The molecule has 0 fully saturated rings. The van der Waals surface area contributed by atoms with E-state index >= 15 is 0 Å². The van der Waals surface area contributed by atoms with Crippen LogP contribution in [0, 0.1) is 0 Å². The van der Waals surface area contributed by atoms with Crippen LogP contribution in [0.4, 0.5) is 4.79 Å². The average molecular weight is 323 g/mol. The van der Waals surface area contributed by atoms with Gasteiger partial charge in [-0.2, -0.15) is 0 Å². The van der Waals surface area contributed by atoms with Gasteiger partial charge in [-0.15, -0.1) is 11.3 Å². The van der Waals surface area contributed by atoms with Gasteiger partial charge in [0.25, 0.3) is 0 Å². The van der Waals surface area contributed by atoms with Gasteiger partial charge in [0.05, 0.1) is 6.54 Å². The van der Waals surface area contributed by atoms with E-state index in [-0.39, 0.29) is 0 Å². The van der Waals surface area contributed by atoms with Crippen LogP contribution < -0.4 is 5.48 Å². The van der Waals surface area contributed by atoms with Crippen molar-refractivity contribution in [2.75, 3.05) is 13.7 Å². The van der Waals surface area contributed by atoms with Crippen molar-refractivity contribution in [1.82, 2.24) is 10.4 Å². The largest absolute Gasteiger partial charge is 0.479 e. The number of thiophene rings is 1. The first-order valence-corrected chi connectivity index (χ1v) is 6.24. The lowest BCUT2D eigenvalue weighted by Gasteiger charge is -2.16. The normalized spacial score (nSPS) is 10.0. The Kier molecular flexibility index (Phi) is 5.39. The minimum atomic E-state index is -1.14. The van der Waals surface area contributed by atoms with Gasteiger partial charge in [0, 0.05) is 21.8 Å². The number of hydrogen-bond acceptors (Lipinski definition) is 4. The van der Waals surface area contributed by atoms with Gasteiger partial charge < -0.3 is 10.0 Å². The van der Waals surface area contributed by atoms with Crippen LogP contribution >= 0.6 is 27.3 Å². The summed E-state index contributed by atoms with van der Waals surface area (Å²) >= 11 is 4.84. The minimum absolute atomic E-state index is 0.429. The Hall–Kier alpha value is -1.12. The van der Waals surface area contributed by atoms with Crippen LogP contribution in [0.2, 0.25) is 0 Å². The van der Waals surface area contributed by atoms with Crippen LogP contribution in [0.5, 0.6) is 0 Å². The third kappa shape index (κ3) is 5.16. The molecule has 0 spiro atoms. The summed E-state index contributed by atoms with van der Waals surface area (Å²) in [6.45, 7) is -0.136. The van der Waals surface area contributed by atoms with Crippen molar-refractivity contribution in [2.24, 2.45) is 0 Å². The first-order chi connectivity index (χ1) is 7.99. The standard InChI is InChI=1S/C9H11BrN2O4S/c1-12(3-7-2-6(10)5-17-7)9(15)11-16-4-8(13)14/h2,5H,3-4H2,1H3,(H,11,15)(H,13,14). The molecule has 0 bridgehead atoms. The van der Waals surface area contributed by atoms with Crippen molar-refractivity contribution in [1.29, 1.82) is 0 Å². The van der Waals surface area contributed by atoms with E-state index in [0.29, 0.717) is 6.54 Å². The smallest absolute Gasteiger partial charge is 0.341 e. The van der Waals surface area contributed by atoms with E-state index in [0.717, 1.165) is 9.35 Å². The van der Waals surface area contributed by atoms with Crippen molar-refractivity contribution < 1.29 is 19.5 Å². The molecule has 1 aromatic rings. The van der Waals surface area contributed by atoms with E-state index < -0.39 is 18.6 Å². The van der Waals surface area contributed by atoms with E-state index in [1.165, 1.54) is 16.2 Å². The SMILES string of the molecule is CN(Cc1cc(Br)cs1)C(=O)NOCC(=O)O. The number of carbonyl (C=O) groups is 2. The van der Waals surface area contributed by atoms with Gasteiger partial charge in [-0.05, 0) is 22.0 Å². The Labute approximate surface area is 110 Å². The van der Waals surface area contributed by atoms with Gasteiger partial charge in [0.15, 0.2) is 6.61 Å². The molecule has 17 heavy (non-hydrogen) atoms. The summed E-state index contributed by atoms with van der Waals surface area (Å²) in [6.07, 6.45) is 0. The molecule has 0 aliphatic carbocycles. The van der Waals surface area contributed by atoms with Gasteiger partial charge in [-0.1, -0.05) is 0 Å². The highest BCUT2D eigenvalue weighted by molar-refractivity contribution is 9.10. The first-order valence-electron chi connectivity index (χ1n) is 4.56. The molecular formula is C9H11BrN2O4S. The fraction of sp³-hybridized carbons (Fsp3) is 0.333. The second kappa shape index (κ2) is 6.58. The summed E-state index contributed by atoms with van der Waals surface area (Å²) < 4.78 is 0.966. The summed E-state index contributed by atoms with van der Waals surface area (Å²) in [6, 6.07) is 1.42. The maximum atomic E-state index is 11.4. The molecule has 6 nitrogen and oxygen atoms in total. The molecular weight excluding hydrogens is 312 g/mol. The number of nitrogens with one attached hydrogen (secondary N) is 1. The summed E-state index contributed by atoms with van der Waals surface area (Å²) in [5.41, 5.74) is 2.04. The fourth-order valence-electron chi connectivity index (χ4n) is 0.980. The molecule has 0 saturated heterocycles. The molecule has 2 N–H and O–H groups in total. The number of carbonyl (C=O) groups excluding carboxylic acids is 1. The van der Waals surface area contributed by atoms with E-state index in [2.05, 4.69) is 20.8 Å². The number of carboxylic acids is 1. The van der Waals surface area contributed by atoms with Crippen LogP contribution in [-0.2, 0) is 16.2 Å². The van der Waals surface area contributed by atoms with Crippen LogP contribution in [-0.4, -0.2) is 35.7 Å². The quantitative estimate of drug-likeness (QED) is 0.808. The Morgan fingerprint density at radius 1 is 1.65 bits per heavy atom. The number of hydroxylamine groups is 1. The summed E-state index contributed by atoms with van der Waals surface area (Å²) in [7, 11) is 1.59. The summed E-state index contributed by atoms with van der Waals surface area (Å²) in [5, 5.41) is 10.2. The molecule has 0 aromatic carbocycles. The zero-order valence-electron chi connectivity index (χ0n) is 8.97. The van der Waals surface area contributed by atoms with Crippen molar-refractivity contribution in [3.8, 4) is 0 Å². The van der Waals surface area contributed by atoms with Crippen molar-refractivity contribution >= 4 is 39.3 Å². The highest BCUT2D eigenvalue weighted by Gasteiger charge is 2.10. The van der Waals surface area contributed by atoms with Gasteiger partial charge in [0.1, 0.15) is 0 Å². The van der Waals surface area contributed by atoms with E-state index in [1.54, 1.807) is 7.05 Å². The zero-order chi connectivity index (χ0) is 12.8. The second-order valence-electron chi connectivity index (χ2n) is 3.18. The lowest BCUT2D eigenvalue weighted by atomic mass is 10.4. The van der Waals surface area contributed by atoms with Crippen LogP contribution in [0.3, 0.4) is 0 Å². The van der Waals surface area contributed by atoms with E-state index in [9.17, 15) is 9.59 Å². The molecule has 0 radical (unpaired) electrons. The Balaban J connectivity index is 2.34.